The van der Waals surface area contributed by atoms with Crippen LogP contribution in [0.15, 0.2) is 30.5 Å². The van der Waals surface area contributed by atoms with Gasteiger partial charge in [-0.2, -0.15) is 0 Å². The van der Waals surface area contributed by atoms with Crippen molar-refractivity contribution in [2.24, 2.45) is 0 Å². The van der Waals surface area contributed by atoms with Crippen molar-refractivity contribution in [1.29, 1.82) is 0 Å². The third-order valence-electron chi connectivity index (χ3n) is 4.35. The summed E-state index contributed by atoms with van der Waals surface area (Å²) < 4.78 is 14.6. The number of nitrogens with one attached hydrogen (secondary N) is 3. The summed E-state index contributed by atoms with van der Waals surface area (Å²) in [6.07, 6.45) is 2.59. The van der Waals surface area contributed by atoms with Crippen LogP contribution in [0.3, 0.4) is 0 Å². The Balaban J connectivity index is 1.48. The lowest BCUT2D eigenvalue weighted by Crippen LogP contribution is -2.38. The predicted molar refractivity (Wildman–Crippen MR) is 91.5 cm³/mol. The Morgan fingerprint density at radius 1 is 1.35 bits per heavy atom. The highest BCUT2D eigenvalue weighted by Gasteiger charge is 2.30. The number of benzene rings is 1. The summed E-state index contributed by atoms with van der Waals surface area (Å²) >= 11 is 0. The first-order valence-corrected chi connectivity index (χ1v) is 8.42. The molecule has 138 valence electrons. The highest BCUT2D eigenvalue weighted by atomic mass is 19.1. The second kappa shape index (κ2) is 8.05. The molecule has 26 heavy (non-hydrogen) atoms. The molecule has 3 N–H and O–H groups in total. The average molecular weight is 360 g/mol. The molecule has 9 heteroatoms. The molecule has 2 amide bonds. The summed E-state index contributed by atoms with van der Waals surface area (Å²) in [6, 6.07) is 5.65. The largest absolute Gasteiger partial charge is 0.358 e. The van der Waals surface area contributed by atoms with Gasteiger partial charge in [0.25, 0.3) is 0 Å². The SMILES string of the molecule is CNC(=O)[C@@H]1C[C@@H](n2cc(CNC(=O)Cc3ccc(F)cc3)nn2)CN1. The van der Waals surface area contributed by atoms with Crippen molar-refractivity contribution in [2.45, 2.75) is 31.5 Å². The van der Waals surface area contributed by atoms with Gasteiger partial charge in [-0.15, -0.1) is 5.10 Å². The van der Waals surface area contributed by atoms with Crippen LogP contribution in [0.25, 0.3) is 0 Å². The van der Waals surface area contributed by atoms with E-state index in [-0.39, 0.29) is 42.7 Å². The van der Waals surface area contributed by atoms with E-state index in [1.54, 1.807) is 30.1 Å². The van der Waals surface area contributed by atoms with Gasteiger partial charge in [0, 0.05) is 13.6 Å². The maximum absolute atomic E-state index is 12.9. The highest BCUT2D eigenvalue weighted by Crippen LogP contribution is 2.18. The molecule has 0 bridgehead atoms. The minimum absolute atomic E-state index is 0.0408. The van der Waals surface area contributed by atoms with Crippen molar-refractivity contribution in [3.63, 3.8) is 0 Å². The van der Waals surface area contributed by atoms with Crippen LogP contribution >= 0.6 is 0 Å². The van der Waals surface area contributed by atoms with Crippen molar-refractivity contribution in [3.8, 4) is 0 Å². The third-order valence-corrected chi connectivity index (χ3v) is 4.35. The molecule has 0 unspecified atom stereocenters. The number of likely N-dealkylation sites (N-methyl/N-ethyl adjacent to an activating group) is 1. The van der Waals surface area contributed by atoms with Gasteiger partial charge in [0.05, 0.1) is 31.2 Å². The van der Waals surface area contributed by atoms with Crippen molar-refractivity contribution in [2.75, 3.05) is 13.6 Å². The molecule has 1 aliphatic heterocycles. The molecule has 2 aromatic rings. The van der Waals surface area contributed by atoms with Crippen molar-refractivity contribution in [1.82, 2.24) is 30.9 Å². The lowest BCUT2D eigenvalue weighted by Gasteiger charge is -2.08. The van der Waals surface area contributed by atoms with Crippen LogP contribution in [-0.4, -0.2) is 46.4 Å². The zero-order valence-electron chi connectivity index (χ0n) is 14.4. The third kappa shape index (κ3) is 4.42. The smallest absolute Gasteiger partial charge is 0.236 e. The molecule has 1 aromatic heterocycles. The maximum atomic E-state index is 12.9. The minimum Gasteiger partial charge on any atom is -0.358 e. The van der Waals surface area contributed by atoms with Crippen molar-refractivity contribution < 1.29 is 14.0 Å². The molecule has 0 aliphatic carbocycles. The molecule has 0 spiro atoms. The van der Waals surface area contributed by atoms with Gasteiger partial charge >= 0.3 is 0 Å². The van der Waals surface area contributed by atoms with Gasteiger partial charge in [-0.25, -0.2) is 9.07 Å². The van der Waals surface area contributed by atoms with E-state index in [4.69, 9.17) is 0 Å². The topological polar surface area (TPSA) is 101 Å². The Kier molecular flexibility index (Phi) is 5.57. The number of amides is 2. The Morgan fingerprint density at radius 2 is 2.12 bits per heavy atom. The molecule has 1 saturated heterocycles. The van der Waals surface area contributed by atoms with E-state index in [1.165, 1.54) is 12.1 Å². The van der Waals surface area contributed by atoms with Gasteiger partial charge in [0.2, 0.25) is 11.8 Å². The van der Waals surface area contributed by atoms with Crippen LogP contribution in [0.2, 0.25) is 0 Å². The van der Waals surface area contributed by atoms with Crippen LogP contribution in [0.1, 0.15) is 23.7 Å². The molecule has 1 aliphatic rings. The number of hydrogen-bond donors (Lipinski definition) is 3. The molecule has 0 radical (unpaired) electrons. The maximum Gasteiger partial charge on any atom is 0.236 e. The normalized spacial score (nSPS) is 19.3. The summed E-state index contributed by atoms with van der Waals surface area (Å²) in [6.45, 7) is 0.900. The van der Waals surface area contributed by atoms with Crippen LogP contribution < -0.4 is 16.0 Å². The van der Waals surface area contributed by atoms with Crippen LogP contribution in [0.5, 0.6) is 0 Å². The fraction of sp³-hybridized carbons (Fsp3) is 0.412. The zero-order valence-corrected chi connectivity index (χ0v) is 14.4. The first-order chi connectivity index (χ1) is 12.5. The molecule has 8 nitrogen and oxygen atoms in total. The molecule has 1 fully saturated rings. The van der Waals surface area contributed by atoms with Crippen LogP contribution in [0.4, 0.5) is 4.39 Å². The van der Waals surface area contributed by atoms with Crippen LogP contribution in [0, 0.1) is 5.82 Å². The van der Waals surface area contributed by atoms with E-state index < -0.39 is 0 Å². The second-order valence-electron chi connectivity index (χ2n) is 6.23. The first-order valence-electron chi connectivity index (χ1n) is 8.42. The number of rotatable bonds is 6. The Labute approximate surface area is 150 Å². The van der Waals surface area contributed by atoms with Gasteiger partial charge < -0.3 is 16.0 Å². The molecule has 1 aromatic carbocycles. The minimum atomic E-state index is -0.328. The standard InChI is InChI=1S/C17H21FN6O2/c1-19-17(26)15-7-14(9-20-15)24-10-13(22-23-24)8-21-16(25)6-11-2-4-12(18)5-3-11/h2-5,10,14-15,20H,6-9H2,1H3,(H,19,26)(H,21,25)/t14-,15+/m1/s1. The average Bonchev–Trinajstić information content (AvgIpc) is 3.30. The highest BCUT2D eigenvalue weighted by molar-refractivity contribution is 5.81. The fourth-order valence-corrected chi connectivity index (χ4v) is 2.90. The van der Waals surface area contributed by atoms with Crippen LogP contribution in [-0.2, 0) is 22.6 Å². The summed E-state index contributed by atoms with van der Waals surface area (Å²) in [4.78, 5) is 23.6. The van der Waals surface area contributed by atoms with Crippen molar-refractivity contribution >= 4 is 11.8 Å². The van der Waals surface area contributed by atoms with E-state index in [2.05, 4.69) is 26.3 Å². The zero-order chi connectivity index (χ0) is 18.5. The van der Waals surface area contributed by atoms with Gasteiger partial charge in [-0.3, -0.25) is 9.59 Å². The number of aromatic nitrogens is 3. The summed E-state index contributed by atoms with van der Waals surface area (Å²) in [5.41, 5.74) is 1.38. The van der Waals surface area contributed by atoms with E-state index in [0.29, 0.717) is 18.7 Å². The number of carbonyl (C=O) groups excluding carboxylic acids is 2. The molecule has 2 atom stereocenters. The Bertz CT molecular complexity index is 776. The lowest BCUT2D eigenvalue weighted by molar-refractivity contribution is -0.122. The molecular formula is C17H21FN6O2. The van der Waals surface area contributed by atoms with E-state index in [1.807, 2.05) is 0 Å². The summed E-state index contributed by atoms with van der Waals surface area (Å²) in [7, 11) is 1.61. The van der Waals surface area contributed by atoms with Gasteiger partial charge in [0.15, 0.2) is 0 Å². The predicted octanol–water partition coefficient (Wildman–Crippen LogP) is -0.0749. The first kappa shape index (κ1) is 18.0. The molecule has 0 saturated carbocycles. The number of nitrogens with zero attached hydrogens (tertiary/aromatic N) is 3. The van der Waals surface area contributed by atoms with Gasteiger partial charge in [-0.05, 0) is 24.1 Å². The number of hydrogen-bond acceptors (Lipinski definition) is 5. The summed E-state index contributed by atoms with van der Waals surface area (Å²) in [5.74, 6) is -0.542. The quantitative estimate of drug-likeness (QED) is 0.669. The lowest BCUT2D eigenvalue weighted by atomic mass is 10.1. The Hall–Kier alpha value is -2.81. The van der Waals surface area contributed by atoms with E-state index in [9.17, 15) is 14.0 Å². The molecule has 3 rings (SSSR count). The second-order valence-corrected chi connectivity index (χ2v) is 6.23. The molecule has 2 heterocycles. The van der Waals surface area contributed by atoms with E-state index >= 15 is 0 Å². The van der Waals surface area contributed by atoms with E-state index in [0.717, 1.165) is 5.56 Å². The fourth-order valence-electron chi connectivity index (χ4n) is 2.90. The van der Waals surface area contributed by atoms with Gasteiger partial charge in [-0.1, -0.05) is 17.3 Å². The number of carbonyl (C=O) groups is 2. The van der Waals surface area contributed by atoms with Gasteiger partial charge in [0.1, 0.15) is 11.5 Å². The van der Waals surface area contributed by atoms with Crippen molar-refractivity contribution in [3.05, 3.63) is 47.5 Å². The summed E-state index contributed by atoms with van der Waals surface area (Å²) in [5, 5.41) is 16.7. The molecular weight excluding hydrogens is 339 g/mol. The Morgan fingerprint density at radius 3 is 2.85 bits per heavy atom. The number of halogens is 1. The monoisotopic (exact) mass is 360 g/mol.